The Hall–Kier alpha value is -2.40. The minimum absolute atomic E-state index is 0.0218. The van der Waals surface area contributed by atoms with Crippen molar-refractivity contribution in [2.45, 2.75) is 32.3 Å². The Morgan fingerprint density at radius 1 is 1.25 bits per heavy atom. The number of nitrogens with zero attached hydrogens (tertiary/aromatic N) is 3. The highest BCUT2D eigenvalue weighted by Gasteiger charge is 2.24. The highest BCUT2D eigenvalue weighted by molar-refractivity contribution is 5.81. The predicted molar refractivity (Wildman–Crippen MR) is 95.2 cm³/mol. The van der Waals surface area contributed by atoms with Gasteiger partial charge in [-0.2, -0.15) is 5.10 Å². The fourth-order valence-electron chi connectivity index (χ4n) is 3.71. The van der Waals surface area contributed by atoms with Crippen LogP contribution in [0.15, 0.2) is 36.5 Å². The van der Waals surface area contributed by atoms with Crippen molar-refractivity contribution in [1.82, 2.24) is 15.2 Å². The van der Waals surface area contributed by atoms with Crippen LogP contribution >= 0.6 is 0 Å². The number of hydrogen-bond donors (Lipinski definition) is 2. The zero-order chi connectivity index (χ0) is 16.5. The second kappa shape index (κ2) is 6.24. The Balaban J connectivity index is 1.59. The number of anilines is 1. The molecule has 3 heterocycles. The average molecular weight is 322 g/mol. The number of aromatic nitrogens is 3. The minimum Gasteiger partial charge on any atom is -0.392 e. The van der Waals surface area contributed by atoms with Gasteiger partial charge in [0.05, 0.1) is 18.3 Å². The van der Waals surface area contributed by atoms with Crippen molar-refractivity contribution < 1.29 is 5.11 Å². The van der Waals surface area contributed by atoms with Crippen molar-refractivity contribution in [2.75, 3.05) is 18.0 Å². The predicted octanol–water partition coefficient (Wildman–Crippen LogP) is 3.14. The maximum absolute atomic E-state index is 9.77. The maximum Gasteiger partial charge on any atom is 0.134 e. The lowest BCUT2D eigenvalue weighted by atomic mass is 9.90. The summed E-state index contributed by atoms with van der Waals surface area (Å²) >= 11 is 0. The van der Waals surface area contributed by atoms with Crippen molar-refractivity contribution in [2.24, 2.45) is 0 Å². The highest BCUT2D eigenvalue weighted by atomic mass is 16.3. The summed E-state index contributed by atoms with van der Waals surface area (Å²) in [7, 11) is 0. The van der Waals surface area contributed by atoms with Crippen LogP contribution in [0.25, 0.3) is 10.9 Å². The summed E-state index contributed by atoms with van der Waals surface area (Å²) in [6.45, 7) is 4.01. The van der Waals surface area contributed by atoms with Crippen LogP contribution in [0.4, 0.5) is 5.82 Å². The van der Waals surface area contributed by atoms with Crippen LogP contribution in [0.5, 0.6) is 0 Å². The van der Waals surface area contributed by atoms with E-state index in [2.05, 4.69) is 28.1 Å². The van der Waals surface area contributed by atoms with E-state index in [-0.39, 0.29) is 6.61 Å². The van der Waals surface area contributed by atoms with E-state index >= 15 is 0 Å². The molecule has 5 nitrogen and oxygen atoms in total. The van der Waals surface area contributed by atoms with E-state index in [4.69, 9.17) is 4.98 Å². The number of hydrogen-bond acceptors (Lipinski definition) is 4. The SMILES string of the molecule is Cc1[nH]ncc1C1CCN(c2nc3ccccc3cc2CO)CC1. The van der Waals surface area contributed by atoms with Crippen LogP contribution < -0.4 is 4.90 Å². The molecule has 2 N–H and O–H groups in total. The number of para-hydroxylation sites is 1. The summed E-state index contributed by atoms with van der Waals surface area (Å²) < 4.78 is 0. The first-order chi connectivity index (χ1) is 11.8. The second-order valence-corrected chi connectivity index (χ2v) is 6.53. The third-order valence-electron chi connectivity index (χ3n) is 5.05. The van der Waals surface area contributed by atoms with Gasteiger partial charge in [0.25, 0.3) is 0 Å². The Kier molecular flexibility index (Phi) is 3.94. The molecule has 0 aliphatic carbocycles. The van der Waals surface area contributed by atoms with Gasteiger partial charge in [-0.1, -0.05) is 18.2 Å². The summed E-state index contributed by atoms with van der Waals surface area (Å²) in [5.74, 6) is 1.48. The molecule has 0 atom stereocenters. The zero-order valence-corrected chi connectivity index (χ0v) is 13.9. The number of pyridine rings is 1. The fraction of sp³-hybridized carbons (Fsp3) is 0.368. The first-order valence-corrected chi connectivity index (χ1v) is 8.50. The molecular weight excluding hydrogens is 300 g/mol. The molecule has 3 aromatic rings. The molecule has 1 aliphatic heterocycles. The van der Waals surface area contributed by atoms with Crippen LogP contribution in [-0.4, -0.2) is 33.4 Å². The molecule has 2 aromatic heterocycles. The standard InChI is InChI=1S/C19H22N4O/c1-13-17(11-20-22-13)14-6-8-23(9-7-14)19-16(12-24)10-15-4-2-3-5-18(15)21-19/h2-5,10-11,14,24H,6-9,12H2,1H3,(H,20,22). The summed E-state index contributed by atoms with van der Waals surface area (Å²) in [5.41, 5.74) is 4.40. The lowest BCUT2D eigenvalue weighted by molar-refractivity contribution is 0.281. The lowest BCUT2D eigenvalue weighted by Gasteiger charge is -2.34. The molecular formula is C19H22N4O. The quantitative estimate of drug-likeness (QED) is 0.777. The third-order valence-corrected chi connectivity index (χ3v) is 5.05. The molecule has 24 heavy (non-hydrogen) atoms. The van der Waals surface area contributed by atoms with E-state index < -0.39 is 0 Å². The number of aromatic amines is 1. The van der Waals surface area contributed by atoms with Crippen molar-refractivity contribution in [3.05, 3.63) is 53.3 Å². The average Bonchev–Trinajstić information content (AvgIpc) is 3.06. The highest BCUT2D eigenvalue weighted by Crippen LogP contribution is 2.33. The Morgan fingerprint density at radius 3 is 2.75 bits per heavy atom. The van der Waals surface area contributed by atoms with Crippen molar-refractivity contribution >= 4 is 16.7 Å². The molecule has 0 saturated carbocycles. The molecule has 1 aliphatic rings. The number of H-pyrrole nitrogens is 1. The van der Waals surface area contributed by atoms with Crippen molar-refractivity contribution in [1.29, 1.82) is 0 Å². The van der Waals surface area contributed by atoms with Gasteiger partial charge in [-0.05, 0) is 43.4 Å². The number of benzene rings is 1. The number of rotatable bonds is 3. The maximum atomic E-state index is 9.77. The largest absolute Gasteiger partial charge is 0.392 e. The van der Waals surface area contributed by atoms with E-state index in [1.54, 1.807) is 0 Å². The normalized spacial score (nSPS) is 16.0. The third kappa shape index (κ3) is 2.65. The van der Waals surface area contributed by atoms with Gasteiger partial charge in [0, 0.05) is 29.7 Å². The van der Waals surface area contributed by atoms with Gasteiger partial charge >= 0.3 is 0 Å². The molecule has 1 fully saturated rings. The van der Waals surface area contributed by atoms with Crippen LogP contribution in [0.1, 0.15) is 35.6 Å². The number of piperidine rings is 1. The molecule has 1 aromatic carbocycles. The van der Waals surface area contributed by atoms with Gasteiger partial charge in [-0.15, -0.1) is 0 Å². The topological polar surface area (TPSA) is 65.0 Å². The monoisotopic (exact) mass is 322 g/mol. The summed E-state index contributed by atoms with van der Waals surface area (Å²) in [6.07, 6.45) is 4.13. The number of aryl methyl sites for hydroxylation is 1. The first kappa shape index (κ1) is 15.1. The van der Waals surface area contributed by atoms with Gasteiger partial charge in [0.15, 0.2) is 0 Å². The van der Waals surface area contributed by atoms with Crippen molar-refractivity contribution in [3.63, 3.8) is 0 Å². The summed E-state index contributed by atoms with van der Waals surface area (Å²) in [5, 5.41) is 18.0. The molecule has 0 unspecified atom stereocenters. The van der Waals surface area contributed by atoms with E-state index in [1.807, 2.05) is 30.5 Å². The zero-order valence-electron chi connectivity index (χ0n) is 13.9. The molecule has 0 radical (unpaired) electrons. The van der Waals surface area contributed by atoms with Crippen molar-refractivity contribution in [3.8, 4) is 0 Å². The number of aliphatic hydroxyl groups is 1. The molecule has 4 rings (SSSR count). The Bertz CT molecular complexity index is 849. The summed E-state index contributed by atoms with van der Waals surface area (Å²) in [6, 6.07) is 10.1. The Labute approximate surface area is 141 Å². The second-order valence-electron chi connectivity index (χ2n) is 6.53. The van der Waals surface area contributed by atoms with E-state index in [0.717, 1.165) is 48.2 Å². The number of nitrogens with one attached hydrogen (secondary N) is 1. The van der Waals surface area contributed by atoms with E-state index in [9.17, 15) is 5.11 Å². The smallest absolute Gasteiger partial charge is 0.134 e. The molecule has 124 valence electrons. The number of fused-ring (bicyclic) bond motifs is 1. The molecule has 0 bridgehead atoms. The first-order valence-electron chi connectivity index (χ1n) is 8.50. The molecule has 0 amide bonds. The van der Waals surface area contributed by atoms with Crippen LogP contribution in [-0.2, 0) is 6.61 Å². The van der Waals surface area contributed by atoms with Crippen LogP contribution in [0.2, 0.25) is 0 Å². The van der Waals surface area contributed by atoms with Gasteiger partial charge in [0.2, 0.25) is 0 Å². The number of aliphatic hydroxyl groups excluding tert-OH is 1. The van der Waals surface area contributed by atoms with Gasteiger partial charge < -0.3 is 10.0 Å². The Morgan fingerprint density at radius 2 is 2.04 bits per heavy atom. The lowest BCUT2D eigenvalue weighted by Crippen LogP contribution is -2.34. The van der Waals surface area contributed by atoms with Crippen LogP contribution in [0.3, 0.4) is 0 Å². The molecule has 0 spiro atoms. The van der Waals surface area contributed by atoms with Gasteiger partial charge in [0.1, 0.15) is 5.82 Å². The van der Waals surface area contributed by atoms with Gasteiger partial charge in [-0.25, -0.2) is 4.98 Å². The van der Waals surface area contributed by atoms with Gasteiger partial charge in [-0.3, -0.25) is 5.10 Å². The molecule has 5 heteroatoms. The fourth-order valence-corrected chi connectivity index (χ4v) is 3.71. The van der Waals surface area contributed by atoms with E-state index in [0.29, 0.717) is 5.92 Å². The summed E-state index contributed by atoms with van der Waals surface area (Å²) in [4.78, 5) is 7.13. The molecule has 1 saturated heterocycles. The van der Waals surface area contributed by atoms with E-state index in [1.165, 1.54) is 11.3 Å². The minimum atomic E-state index is 0.0218. The van der Waals surface area contributed by atoms with Crippen LogP contribution in [0, 0.1) is 6.92 Å².